The van der Waals surface area contributed by atoms with Gasteiger partial charge in [-0.1, -0.05) is 6.92 Å². The van der Waals surface area contributed by atoms with Gasteiger partial charge in [0, 0.05) is 18.5 Å². The molecule has 8 heteroatoms. The molecule has 0 aromatic carbocycles. The second-order valence-corrected chi connectivity index (χ2v) is 5.42. The summed E-state index contributed by atoms with van der Waals surface area (Å²) >= 11 is 0. The minimum Gasteiger partial charge on any atom is -0.323 e. The number of carbonyl (C=O) groups is 1. The molecule has 1 aromatic heterocycles. The molecular formula is C12H15F3N4O. The lowest BCUT2D eigenvalue weighted by Gasteiger charge is -2.48. The Morgan fingerprint density at radius 1 is 1.50 bits per heavy atom. The lowest BCUT2D eigenvalue weighted by molar-refractivity contribution is -0.171. The summed E-state index contributed by atoms with van der Waals surface area (Å²) in [6, 6.07) is 1.18. The highest BCUT2D eigenvalue weighted by Crippen LogP contribution is 2.40. The summed E-state index contributed by atoms with van der Waals surface area (Å²) < 4.78 is 37.1. The number of aromatic nitrogens is 2. The third-order valence-electron chi connectivity index (χ3n) is 3.21. The largest absolute Gasteiger partial charge is 0.389 e. The number of nitrogens with zero attached hydrogens (tertiary/aromatic N) is 3. The zero-order chi connectivity index (χ0) is 15.0. The maximum absolute atomic E-state index is 12.4. The van der Waals surface area contributed by atoms with E-state index in [1.807, 2.05) is 0 Å². The van der Waals surface area contributed by atoms with Crippen molar-refractivity contribution in [3.05, 3.63) is 18.0 Å². The molecule has 20 heavy (non-hydrogen) atoms. The average molecular weight is 288 g/mol. The molecule has 0 atom stereocenters. The van der Waals surface area contributed by atoms with Crippen molar-refractivity contribution in [1.82, 2.24) is 15.1 Å². The van der Waals surface area contributed by atoms with Crippen molar-refractivity contribution in [2.24, 2.45) is 5.41 Å². The molecule has 2 heterocycles. The maximum atomic E-state index is 12.4. The Balaban J connectivity index is 1.90. The Bertz CT molecular complexity index is 512. The van der Waals surface area contributed by atoms with Gasteiger partial charge in [-0.15, -0.1) is 0 Å². The highest BCUT2D eigenvalue weighted by molar-refractivity contribution is 5.90. The first-order valence-corrected chi connectivity index (χ1v) is 6.10. The average Bonchev–Trinajstić information content (AvgIpc) is 2.26. The number of carbonyl (C=O) groups excluding carboxylic acids is 1. The van der Waals surface area contributed by atoms with Gasteiger partial charge in [0.1, 0.15) is 0 Å². The Kier molecular flexibility index (Phi) is 3.58. The van der Waals surface area contributed by atoms with E-state index in [9.17, 15) is 18.0 Å². The molecule has 0 unspecified atom stereocenters. The monoisotopic (exact) mass is 288 g/mol. The molecule has 1 aromatic rings. The van der Waals surface area contributed by atoms with Crippen LogP contribution in [0.2, 0.25) is 0 Å². The van der Waals surface area contributed by atoms with Crippen LogP contribution >= 0.6 is 0 Å². The minimum atomic E-state index is -4.21. The molecule has 1 saturated heterocycles. The number of anilines is 1. The fourth-order valence-electron chi connectivity index (χ4n) is 2.34. The van der Waals surface area contributed by atoms with Crippen LogP contribution in [0.1, 0.15) is 19.0 Å². The lowest BCUT2D eigenvalue weighted by Crippen LogP contribution is -2.59. The smallest absolute Gasteiger partial charge is 0.323 e. The molecule has 2 amide bonds. The van der Waals surface area contributed by atoms with E-state index in [-0.39, 0.29) is 13.1 Å². The second-order valence-electron chi connectivity index (χ2n) is 5.42. The summed E-state index contributed by atoms with van der Waals surface area (Å²) in [5, 5.41) is 10.1. The van der Waals surface area contributed by atoms with E-state index in [0.717, 1.165) is 0 Å². The number of alkyl halides is 3. The van der Waals surface area contributed by atoms with E-state index in [2.05, 4.69) is 15.5 Å². The van der Waals surface area contributed by atoms with Crippen molar-refractivity contribution >= 4 is 11.7 Å². The third-order valence-corrected chi connectivity index (χ3v) is 3.21. The van der Waals surface area contributed by atoms with Gasteiger partial charge in [0.15, 0.2) is 0 Å². The van der Waals surface area contributed by atoms with Crippen molar-refractivity contribution in [2.75, 3.05) is 18.4 Å². The number of rotatable bonds is 2. The van der Waals surface area contributed by atoms with Crippen molar-refractivity contribution in [3.8, 4) is 0 Å². The van der Waals surface area contributed by atoms with Gasteiger partial charge in [0.05, 0.1) is 24.0 Å². The number of amides is 2. The van der Waals surface area contributed by atoms with Crippen molar-refractivity contribution < 1.29 is 18.0 Å². The molecule has 0 aliphatic carbocycles. The molecule has 0 saturated carbocycles. The van der Waals surface area contributed by atoms with E-state index >= 15 is 0 Å². The molecule has 1 fully saturated rings. The van der Waals surface area contributed by atoms with Gasteiger partial charge in [0.2, 0.25) is 0 Å². The number of halogens is 3. The lowest BCUT2D eigenvalue weighted by atomic mass is 9.79. The minimum absolute atomic E-state index is 0.0932. The van der Waals surface area contributed by atoms with Crippen LogP contribution in [-0.2, 0) is 0 Å². The number of nitrogens with one attached hydrogen (secondary N) is 1. The predicted octanol–water partition coefficient (Wildman–Crippen LogP) is 2.59. The van der Waals surface area contributed by atoms with E-state index in [1.54, 1.807) is 13.0 Å². The van der Waals surface area contributed by atoms with Crippen LogP contribution in [0.5, 0.6) is 0 Å². The Labute approximate surface area is 114 Å². The van der Waals surface area contributed by atoms with E-state index in [4.69, 9.17) is 0 Å². The van der Waals surface area contributed by atoms with Gasteiger partial charge in [-0.2, -0.15) is 23.4 Å². The molecule has 5 nitrogen and oxygen atoms in total. The summed E-state index contributed by atoms with van der Waals surface area (Å²) in [4.78, 5) is 13.2. The normalized spacial score (nSPS) is 17.6. The Hall–Kier alpha value is -1.86. The van der Waals surface area contributed by atoms with Crippen molar-refractivity contribution in [3.63, 3.8) is 0 Å². The number of hydrogen-bond donors (Lipinski definition) is 1. The van der Waals surface area contributed by atoms with Gasteiger partial charge in [-0.25, -0.2) is 4.79 Å². The molecular weight excluding hydrogens is 273 g/mol. The topological polar surface area (TPSA) is 58.1 Å². The molecule has 110 valence electrons. The molecule has 0 bridgehead atoms. The molecule has 1 N–H and O–H groups in total. The Morgan fingerprint density at radius 2 is 2.15 bits per heavy atom. The maximum Gasteiger partial charge on any atom is 0.389 e. The van der Waals surface area contributed by atoms with E-state index in [1.165, 1.54) is 18.0 Å². The number of urea groups is 1. The fraction of sp³-hybridized carbons (Fsp3) is 0.583. The first kappa shape index (κ1) is 14.5. The van der Waals surface area contributed by atoms with Gasteiger partial charge >= 0.3 is 12.2 Å². The summed E-state index contributed by atoms with van der Waals surface area (Å²) in [6.45, 7) is 3.40. The van der Waals surface area contributed by atoms with Crippen LogP contribution in [0.4, 0.5) is 23.7 Å². The highest BCUT2D eigenvalue weighted by atomic mass is 19.4. The zero-order valence-electron chi connectivity index (χ0n) is 11.2. The second kappa shape index (κ2) is 4.92. The van der Waals surface area contributed by atoms with E-state index < -0.39 is 24.0 Å². The summed E-state index contributed by atoms with van der Waals surface area (Å²) in [6.07, 6.45) is -3.64. The summed E-state index contributed by atoms with van der Waals surface area (Å²) in [5.74, 6) is 0. The predicted molar refractivity (Wildman–Crippen MR) is 66.1 cm³/mol. The van der Waals surface area contributed by atoms with E-state index in [0.29, 0.717) is 11.4 Å². The van der Waals surface area contributed by atoms with Crippen LogP contribution < -0.4 is 5.32 Å². The zero-order valence-corrected chi connectivity index (χ0v) is 11.2. The Morgan fingerprint density at radius 3 is 2.70 bits per heavy atom. The molecule has 0 radical (unpaired) electrons. The third kappa shape index (κ3) is 3.37. The van der Waals surface area contributed by atoms with Gasteiger partial charge < -0.3 is 10.2 Å². The molecule has 0 spiro atoms. The van der Waals surface area contributed by atoms with Gasteiger partial charge in [0.25, 0.3) is 0 Å². The number of hydrogen-bond acceptors (Lipinski definition) is 3. The molecule has 1 aliphatic rings. The van der Waals surface area contributed by atoms with Crippen LogP contribution in [0.15, 0.2) is 12.3 Å². The quantitative estimate of drug-likeness (QED) is 0.910. The highest BCUT2D eigenvalue weighted by Gasteiger charge is 2.48. The number of likely N-dealkylation sites (tertiary alicyclic amines) is 1. The van der Waals surface area contributed by atoms with Crippen LogP contribution in [0.25, 0.3) is 0 Å². The fourth-order valence-corrected chi connectivity index (χ4v) is 2.34. The summed E-state index contributed by atoms with van der Waals surface area (Å²) in [7, 11) is 0. The van der Waals surface area contributed by atoms with Gasteiger partial charge in [-0.3, -0.25) is 0 Å². The first-order chi connectivity index (χ1) is 9.19. The van der Waals surface area contributed by atoms with Crippen LogP contribution in [-0.4, -0.2) is 40.4 Å². The van der Waals surface area contributed by atoms with Crippen molar-refractivity contribution in [1.29, 1.82) is 0 Å². The SMILES string of the molecule is Cc1nnccc1NC(=O)N1CC(C)(CC(F)(F)F)C1. The van der Waals surface area contributed by atoms with Crippen LogP contribution in [0.3, 0.4) is 0 Å². The van der Waals surface area contributed by atoms with Crippen LogP contribution in [0, 0.1) is 12.3 Å². The molecule has 1 aliphatic heterocycles. The number of aryl methyl sites for hydroxylation is 1. The van der Waals surface area contributed by atoms with Gasteiger partial charge in [-0.05, 0) is 13.0 Å². The summed E-state index contributed by atoms with van der Waals surface area (Å²) in [5.41, 5.74) is 0.176. The standard InChI is InChI=1S/C12H15F3N4O/c1-8-9(3-4-16-18-8)17-10(20)19-6-11(2,7-19)5-12(13,14)15/h3-4H,5-7H2,1-2H3,(H,16,17,20). The first-order valence-electron chi connectivity index (χ1n) is 6.10. The molecule has 2 rings (SSSR count). The van der Waals surface area contributed by atoms with Crippen molar-refractivity contribution in [2.45, 2.75) is 26.4 Å².